The molecule has 0 radical (unpaired) electrons. The Bertz CT molecular complexity index is 606. The first-order valence-corrected chi connectivity index (χ1v) is 6.89. The number of rotatable bonds is 3. The standard InChI is InChI=1S/C12H9BrN2O3S/c1-2-5-15-11(17)8(10(16)14-12(15)18)6-7-3-4-9(13)19-7/h2-4,6H,1,5H2,(H,14,16,18)/b8-6-. The highest BCUT2D eigenvalue weighted by atomic mass is 79.9. The van der Waals surface area contributed by atoms with Crippen molar-refractivity contribution in [1.29, 1.82) is 0 Å². The lowest BCUT2D eigenvalue weighted by Gasteiger charge is -2.24. The summed E-state index contributed by atoms with van der Waals surface area (Å²) in [5.74, 6) is -1.29. The lowest BCUT2D eigenvalue weighted by atomic mass is 10.1. The number of urea groups is 1. The molecular weight excluding hydrogens is 332 g/mol. The number of imide groups is 2. The molecule has 1 aliphatic rings. The smallest absolute Gasteiger partial charge is 0.273 e. The molecule has 5 nitrogen and oxygen atoms in total. The van der Waals surface area contributed by atoms with E-state index in [4.69, 9.17) is 0 Å². The van der Waals surface area contributed by atoms with Crippen LogP contribution in [0.5, 0.6) is 0 Å². The van der Waals surface area contributed by atoms with Gasteiger partial charge in [0.1, 0.15) is 5.57 Å². The molecule has 1 aromatic heterocycles. The van der Waals surface area contributed by atoms with Gasteiger partial charge in [-0.25, -0.2) is 4.79 Å². The highest BCUT2D eigenvalue weighted by Gasteiger charge is 2.34. The zero-order valence-electron chi connectivity index (χ0n) is 9.68. The maximum atomic E-state index is 12.1. The number of nitrogens with one attached hydrogen (secondary N) is 1. The normalized spacial score (nSPS) is 17.8. The van der Waals surface area contributed by atoms with Crippen LogP contribution in [-0.4, -0.2) is 29.3 Å². The van der Waals surface area contributed by atoms with Crippen LogP contribution in [-0.2, 0) is 9.59 Å². The second kappa shape index (κ2) is 5.50. The summed E-state index contributed by atoms with van der Waals surface area (Å²) in [6, 6.07) is 2.87. The Hall–Kier alpha value is -1.73. The van der Waals surface area contributed by atoms with Gasteiger partial charge in [0.2, 0.25) is 0 Å². The molecule has 0 spiro atoms. The van der Waals surface area contributed by atoms with E-state index in [0.717, 1.165) is 13.6 Å². The van der Waals surface area contributed by atoms with Gasteiger partial charge in [-0.1, -0.05) is 6.08 Å². The van der Waals surface area contributed by atoms with Crippen LogP contribution in [0.1, 0.15) is 4.88 Å². The molecule has 19 heavy (non-hydrogen) atoms. The maximum Gasteiger partial charge on any atom is 0.331 e. The number of carbonyl (C=O) groups is 3. The van der Waals surface area contributed by atoms with Gasteiger partial charge in [-0.3, -0.25) is 19.8 Å². The molecule has 1 N–H and O–H groups in total. The van der Waals surface area contributed by atoms with Crippen LogP contribution in [0.4, 0.5) is 4.79 Å². The predicted molar refractivity (Wildman–Crippen MR) is 75.4 cm³/mol. The Balaban J connectivity index is 2.35. The first-order valence-electron chi connectivity index (χ1n) is 5.28. The summed E-state index contributed by atoms with van der Waals surface area (Å²) in [4.78, 5) is 36.9. The maximum absolute atomic E-state index is 12.1. The van der Waals surface area contributed by atoms with Gasteiger partial charge in [-0.05, 0) is 34.1 Å². The number of thiophene rings is 1. The summed E-state index contributed by atoms with van der Waals surface area (Å²) >= 11 is 4.68. The molecule has 0 unspecified atom stereocenters. The average Bonchev–Trinajstić information content (AvgIpc) is 2.76. The van der Waals surface area contributed by atoms with Gasteiger partial charge >= 0.3 is 6.03 Å². The van der Waals surface area contributed by atoms with Crippen molar-refractivity contribution in [3.63, 3.8) is 0 Å². The third-order valence-corrected chi connectivity index (χ3v) is 3.95. The summed E-state index contributed by atoms with van der Waals surface area (Å²) in [6.45, 7) is 3.53. The molecule has 0 aliphatic carbocycles. The van der Waals surface area contributed by atoms with Gasteiger partial charge < -0.3 is 0 Å². The molecule has 1 fully saturated rings. The largest absolute Gasteiger partial charge is 0.331 e. The minimum absolute atomic E-state index is 0.0589. The molecule has 98 valence electrons. The van der Waals surface area contributed by atoms with Crippen LogP contribution in [0, 0.1) is 0 Å². The van der Waals surface area contributed by atoms with Crippen molar-refractivity contribution in [2.24, 2.45) is 0 Å². The van der Waals surface area contributed by atoms with Crippen LogP contribution in [0.2, 0.25) is 0 Å². The number of barbiturate groups is 1. The molecule has 0 bridgehead atoms. The van der Waals surface area contributed by atoms with Gasteiger partial charge in [0.25, 0.3) is 11.8 Å². The van der Waals surface area contributed by atoms with Gasteiger partial charge in [0.05, 0.1) is 3.79 Å². The first-order chi connectivity index (χ1) is 9.02. The fourth-order valence-electron chi connectivity index (χ4n) is 1.54. The van der Waals surface area contributed by atoms with E-state index < -0.39 is 17.8 Å². The molecule has 0 atom stereocenters. The van der Waals surface area contributed by atoms with Crippen molar-refractivity contribution in [3.05, 3.63) is 39.0 Å². The van der Waals surface area contributed by atoms with Crippen molar-refractivity contribution < 1.29 is 14.4 Å². The summed E-state index contributed by atoms with van der Waals surface area (Å²) in [5.41, 5.74) is -0.0594. The molecule has 1 aromatic rings. The second-order valence-corrected chi connectivity index (χ2v) is 6.16. The van der Waals surface area contributed by atoms with Crippen LogP contribution in [0.15, 0.2) is 34.1 Å². The van der Waals surface area contributed by atoms with Crippen molar-refractivity contribution in [2.75, 3.05) is 6.54 Å². The molecular formula is C12H9BrN2O3S. The van der Waals surface area contributed by atoms with Gasteiger partial charge in [-0.15, -0.1) is 17.9 Å². The van der Waals surface area contributed by atoms with Crippen molar-refractivity contribution in [3.8, 4) is 0 Å². The lowest BCUT2D eigenvalue weighted by Crippen LogP contribution is -2.54. The SMILES string of the molecule is C=CCN1C(=O)NC(=O)/C(=C/c2ccc(Br)s2)C1=O. The van der Waals surface area contributed by atoms with Crippen LogP contribution in [0.25, 0.3) is 6.08 Å². The van der Waals surface area contributed by atoms with Crippen LogP contribution >= 0.6 is 27.3 Å². The summed E-state index contributed by atoms with van der Waals surface area (Å²) < 4.78 is 0.891. The Morgan fingerprint density at radius 2 is 2.11 bits per heavy atom. The fourth-order valence-corrected chi connectivity index (χ4v) is 2.90. The Kier molecular flexibility index (Phi) is 3.96. The lowest BCUT2D eigenvalue weighted by molar-refractivity contribution is -0.129. The molecule has 1 aliphatic heterocycles. The van der Waals surface area contributed by atoms with E-state index in [-0.39, 0.29) is 12.1 Å². The van der Waals surface area contributed by atoms with Gasteiger partial charge in [0.15, 0.2) is 0 Å². The summed E-state index contributed by atoms with van der Waals surface area (Å²) in [5, 5.41) is 2.13. The Morgan fingerprint density at radius 1 is 1.37 bits per heavy atom. The van der Waals surface area contributed by atoms with E-state index in [0.29, 0.717) is 0 Å². The van der Waals surface area contributed by atoms with Crippen LogP contribution < -0.4 is 5.32 Å². The van der Waals surface area contributed by atoms with E-state index in [9.17, 15) is 14.4 Å². The molecule has 4 amide bonds. The molecule has 2 heterocycles. The topological polar surface area (TPSA) is 66.5 Å². The van der Waals surface area contributed by atoms with Crippen molar-refractivity contribution in [1.82, 2.24) is 10.2 Å². The monoisotopic (exact) mass is 340 g/mol. The molecule has 1 saturated heterocycles. The number of nitrogens with zero attached hydrogens (tertiary/aromatic N) is 1. The highest BCUT2D eigenvalue weighted by Crippen LogP contribution is 2.25. The minimum atomic E-state index is -0.723. The van der Waals surface area contributed by atoms with E-state index in [1.165, 1.54) is 23.5 Å². The number of hydrogen-bond acceptors (Lipinski definition) is 4. The minimum Gasteiger partial charge on any atom is -0.273 e. The van der Waals surface area contributed by atoms with E-state index in [1.54, 1.807) is 6.07 Å². The summed E-state index contributed by atoms with van der Waals surface area (Å²) in [7, 11) is 0. The zero-order valence-corrected chi connectivity index (χ0v) is 12.1. The average molecular weight is 341 g/mol. The van der Waals surface area contributed by atoms with E-state index in [1.807, 2.05) is 6.07 Å². The van der Waals surface area contributed by atoms with Crippen LogP contribution in [0.3, 0.4) is 0 Å². The summed E-state index contributed by atoms with van der Waals surface area (Å²) in [6.07, 6.45) is 2.89. The third-order valence-electron chi connectivity index (χ3n) is 2.38. The Morgan fingerprint density at radius 3 is 2.68 bits per heavy atom. The highest BCUT2D eigenvalue weighted by molar-refractivity contribution is 9.11. The third kappa shape index (κ3) is 2.82. The zero-order chi connectivity index (χ0) is 14.0. The van der Waals surface area contributed by atoms with Gasteiger partial charge in [-0.2, -0.15) is 0 Å². The predicted octanol–water partition coefficient (Wildman–Crippen LogP) is 2.16. The Labute approximate surface area is 121 Å². The number of hydrogen-bond donors (Lipinski definition) is 1. The number of carbonyl (C=O) groups excluding carboxylic acids is 3. The van der Waals surface area contributed by atoms with E-state index >= 15 is 0 Å². The molecule has 7 heteroatoms. The molecule has 0 aromatic carbocycles. The van der Waals surface area contributed by atoms with E-state index in [2.05, 4.69) is 27.8 Å². The quantitative estimate of drug-likeness (QED) is 0.521. The van der Waals surface area contributed by atoms with Crippen molar-refractivity contribution in [2.45, 2.75) is 0 Å². The molecule has 0 saturated carbocycles. The molecule has 2 rings (SSSR count). The number of amides is 4. The first kappa shape index (κ1) is 13.7. The second-order valence-electron chi connectivity index (χ2n) is 3.66. The fraction of sp³-hybridized carbons (Fsp3) is 0.0833. The van der Waals surface area contributed by atoms with Gasteiger partial charge in [0, 0.05) is 11.4 Å². The number of halogens is 1. The van der Waals surface area contributed by atoms with Crippen molar-refractivity contribution >= 4 is 51.2 Å².